The average Bonchev–Trinajstić information content (AvgIpc) is 2.98. The maximum atomic E-state index is 12.3. The number of rotatable bonds is 7. The summed E-state index contributed by atoms with van der Waals surface area (Å²) < 4.78 is 3.79. The minimum atomic E-state index is -0.218. The van der Waals surface area contributed by atoms with Gasteiger partial charge in [0, 0.05) is 5.56 Å². The highest BCUT2D eigenvalue weighted by molar-refractivity contribution is 7.08. The molecule has 0 spiro atoms. The zero-order valence-corrected chi connectivity index (χ0v) is 14.3. The molecule has 0 saturated heterocycles. The molecule has 2 aromatic rings. The Kier molecular flexibility index (Phi) is 6.22. The van der Waals surface area contributed by atoms with Crippen LogP contribution in [0.3, 0.4) is 0 Å². The SMILES string of the molecule is CCCCO/N=C(\C)c1ccccc1NC(=O)c1snnc1C. The van der Waals surface area contributed by atoms with E-state index in [1.807, 2.05) is 31.2 Å². The van der Waals surface area contributed by atoms with Crippen molar-refractivity contribution in [2.75, 3.05) is 11.9 Å². The maximum Gasteiger partial charge on any atom is 0.269 e. The van der Waals surface area contributed by atoms with Crippen LogP contribution in [-0.4, -0.2) is 27.8 Å². The van der Waals surface area contributed by atoms with Gasteiger partial charge < -0.3 is 10.2 Å². The number of hydrogen-bond donors (Lipinski definition) is 1. The van der Waals surface area contributed by atoms with Crippen molar-refractivity contribution in [2.24, 2.45) is 5.16 Å². The minimum absolute atomic E-state index is 0.218. The Balaban J connectivity index is 2.14. The molecule has 2 rings (SSSR count). The predicted molar refractivity (Wildman–Crippen MR) is 92.1 cm³/mol. The average molecular weight is 332 g/mol. The van der Waals surface area contributed by atoms with Gasteiger partial charge in [-0.15, -0.1) is 5.10 Å². The van der Waals surface area contributed by atoms with Crippen molar-refractivity contribution in [3.8, 4) is 0 Å². The van der Waals surface area contributed by atoms with Crippen molar-refractivity contribution < 1.29 is 9.63 Å². The number of unbranched alkanes of at least 4 members (excludes halogenated alkanes) is 1. The normalized spacial score (nSPS) is 11.3. The second-order valence-electron chi connectivity index (χ2n) is 5.05. The fraction of sp³-hybridized carbons (Fsp3) is 0.375. The fourth-order valence-electron chi connectivity index (χ4n) is 1.93. The van der Waals surface area contributed by atoms with Gasteiger partial charge in [0.15, 0.2) is 0 Å². The highest BCUT2D eigenvalue weighted by Gasteiger charge is 2.15. The summed E-state index contributed by atoms with van der Waals surface area (Å²) >= 11 is 1.08. The molecular weight excluding hydrogens is 312 g/mol. The second-order valence-corrected chi connectivity index (χ2v) is 5.80. The van der Waals surface area contributed by atoms with E-state index in [4.69, 9.17) is 4.84 Å². The van der Waals surface area contributed by atoms with Crippen molar-refractivity contribution in [2.45, 2.75) is 33.6 Å². The molecule has 122 valence electrons. The van der Waals surface area contributed by atoms with E-state index in [-0.39, 0.29) is 5.91 Å². The second kappa shape index (κ2) is 8.38. The third-order valence-corrected chi connectivity index (χ3v) is 4.04. The van der Waals surface area contributed by atoms with E-state index in [9.17, 15) is 4.79 Å². The molecule has 0 atom stereocenters. The van der Waals surface area contributed by atoms with Crippen molar-refractivity contribution in [3.63, 3.8) is 0 Å². The molecule has 1 heterocycles. The first-order chi connectivity index (χ1) is 11.1. The lowest BCUT2D eigenvalue weighted by Gasteiger charge is -2.10. The van der Waals surface area contributed by atoms with Gasteiger partial charge in [-0.3, -0.25) is 4.79 Å². The molecular formula is C16H20N4O2S. The quantitative estimate of drug-likeness (QED) is 0.477. The number of nitrogens with one attached hydrogen (secondary N) is 1. The van der Waals surface area contributed by atoms with Gasteiger partial charge in [-0.2, -0.15) is 0 Å². The first kappa shape index (κ1) is 17.1. The van der Waals surface area contributed by atoms with E-state index in [0.29, 0.717) is 22.9 Å². The molecule has 0 aliphatic rings. The van der Waals surface area contributed by atoms with Gasteiger partial charge in [0.2, 0.25) is 0 Å². The van der Waals surface area contributed by atoms with E-state index >= 15 is 0 Å². The highest BCUT2D eigenvalue weighted by atomic mass is 32.1. The van der Waals surface area contributed by atoms with Crippen molar-refractivity contribution in [3.05, 3.63) is 40.4 Å². The molecule has 0 fully saturated rings. The Morgan fingerprint density at radius 3 is 2.87 bits per heavy atom. The Hall–Kier alpha value is -2.28. The maximum absolute atomic E-state index is 12.3. The Morgan fingerprint density at radius 1 is 1.39 bits per heavy atom. The smallest absolute Gasteiger partial charge is 0.269 e. The monoisotopic (exact) mass is 332 g/mol. The number of hydrogen-bond acceptors (Lipinski definition) is 6. The van der Waals surface area contributed by atoms with Gasteiger partial charge in [0.25, 0.3) is 5.91 Å². The number of nitrogens with zero attached hydrogens (tertiary/aromatic N) is 3. The minimum Gasteiger partial charge on any atom is -0.396 e. The molecule has 1 N–H and O–H groups in total. The van der Waals surface area contributed by atoms with E-state index in [0.717, 1.165) is 35.6 Å². The van der Waals surface area contributed by atoms with Crippen LogP contribution in [0.2, 0.25) is 0 Å². The summed E-state index contributed by atoms with van der Waals surface area (Å²) in [6, 6.07) is 7.50. The molecule has 1 amide bonds. The summed E-state index contributed by atoms with van der Waals surface area (Å²) in [6.45, 7) is 6.31. The molecule has 0 unspecified atom stereocenters. The number of carbonyl (C=O) groups excluding carboxylic acids is 1. The highest BCUT2D eigenvalue weighted by Crippen LogP contribution is 2.19. The van der Waals surface area contributed by atoms with Crippen LogP contribution in [0.1, 0.15) is 47.6 Å². The first-order valence-corrected chi connectivity index (χ1v) is 8.27. The van der Waals surface area contributed by atoms with E-state index in [2.05, 4.69) is 27.0 Å². The number of para-hydroxylation sites is 1. The Morgan fingerprint density at radius 2 is 2.17 bits per heavy atom. The molecule has 1 aromatic carbocycles. The van der Waals surface area contributed by atoms with E-state index in [1.54, 1.807) is 6.92 Å². The molecule has 1 aromatic heterocycles. The molecule has 23 heavy (non-hydrogen) atoms. The number of oxime groups is 1. The van der Waals surface area contributed by atoms with E-state index < -0.39 is 0 Å². The van der Waals surface area contributed by atoms with Gasteiger partial charge >= 0.3 is 0 Å². The van der Waals surface area contributed by atoms with Gasteiger partial charge in [-0.1, -0.05) is 41.2 Å². The summed E-state index contributed by atoms with van der Waals surface area (Å²) in [5.41, 5.74) is 2.85. The van der Waals surface area contributed by atoms with Crippen LogP contribution in [0.4, 0.5) is 5.69 Å². The molecule has 0 aliphatic carbocycles. The van der Waals surface area contributed by atoms with Crippen LogP contribution in [0.15, 0.2) is 29.4 Å². The number of anilines is 1. The topological polar surface area (TPSA) is 76.5 Å². The van der Waals surface area contributed by atoms with Gasteiger partial charge in [-0.05, 0) is 37.9 Å². The summed E-state index contributed by atoms with van der Waals surface area (Å²) in [5, 5.41) is 10.9. The zero-order valence-electron chi connectivity index (χ0n) is 13.5. The number of aryl methyl sites for hydroxylation is 1. The van der Waals surface area contributed by atoms with Crippen LogP contribution < -0.4 is 5.32 Å². The predicted octanol–water partition coefficient (Wildman–Crippen LogP) is 3.64. The van der Waals surface area contributed by atoms with Crippen LogP contribution in [0, 0.1) is 6.92 Å². The molecule has 0 aliphatic heterocycles. The Bertz CT molecular complexity index is 697. The molecule has 0 saturated carbocycles. The molecule has 6 nitrogen and oxygen atoms in total. The third-order valence-electron chi connectivity index (χ3n) is 3.21. The fourth-order valence-corrected chi connectivity index (χ4v) is 2.48. The van der Waals surface area contributed by atoms with Crippen LogP contribution in [-0.2, 0) is 4.84 Å². The summed E-state index contributed by atoms with van der Waals surface area (Å²) in [7, 11) is 0. The van der Waals surface area contributed by atoms with Crippen LogP contribution in [0.5, 0.6) is 0 Å². The summed E-state index contributed by atoms with van der Waals surface area (Å²) in [5.74, 6) is -0.218. The van der Waals surface area contributed by atoms with Crippen molar-refractivity contribution >= 4 is 28.8 Å². The van der Waals surface area contributed by atoms with E-state index in [1.165, 1.54) is 0 Å². The molecule has 0 radical (unpaired) electrons. The lowest BCUT2D eigenvalue weighted by atomic mass is 10.1. The number of benzene rings is 1. The number of aromatic nitrogens is 2. The lowest BCUT2D eigenvalue weighted by Crippen LogP contribution is -2.14. The third kappa shape index (κ3) is 4.59. The number of carbonyl (C=O) groups is 1. The largest absolute Gasteiger partial charge is 0.396 e. The van der Waals surface area contributed by atoms with Crippen molar-refractivity contribution in [1.29, 1.82) is 0 Å². The number of amides is 1. The van der Waals surface area contributed by atoms with Gasteiger partial charge in [-0.25, -0.2) is 0 Å². The first-order valence-electron chi connectivity index (χ1n) is 7.49. The lowest BCUT2D eigenvalue weighted by molar-refractivity contribution is 0.102. The van der Waals surface area contributed by atoms with Gasteiger partial charge in [0.1, 0.15) is 11.5 Å². The zero-order chi connectivity index (χ0) is 16.7. The standard InChI is InChI=1S/C16H20N4O2S/c1-4-5-10-22-19-11(2)13-8-6-7-9-14(13)17-16(21)15-12(3)18-20-23-15/h6-9H,4-5,10H2,1-3H3,(H,17,21)/b19-11+. The van der Waals surface area contributed by atoms with Gasteiger partial charge in [0.05, 0.1) is 17.1 Å². The van der Waals surface area contributed by atoms with Crippen LogP contribution in [0.25, 0.3) is 0 Å². The van der Waals surface area contributed by atoms with Crippen molar-refractivity contribution in [1.82, 2.24) is 9.59 Å². The van der Waals surface area contributed by atoms with Crippen LogP contribution >= 0.6 is 11.5 Å². The Labute approximate surface area is 139 Å². The molecule has 0 bridgehead atoms. The summed E-state index contributed by atoms with van der Waals surface area (Å²) in [4.78, 5) is 18.1. The summed E-state index contributed by atoms with van der Waals surface area (Å²) in [6.07, 6.45) is 2.02. The molecule has 7 heteroatoms.